The molecule has 0 aromatic heterocycles. The first kappa shape index (κ1) is 17.6. The molecule has 1 aromatic rings. The number of aryl methyl sites for hydroxylation is 1. The molecule has 1 aliphatic rings. The highest BCUT2D eigenvalue weighted by Gasteiger charge is 2.39. The highest BCUT2D eigenvalue weighted by atomic mass is 32.2. The molecule has 2 rings (SSSR count). The molecule has 7 heteroatoms. The lowest BCUT2D eigenvalue weighted by atomic mass is 9.78. The van der Waals surface area contributed by atoms with Gasteiger partial charge in [-0.15, -0.1) is 0 Å². The number of hydrogen-bond donors (Lipinski definition) is 1. The lowest BCUT2D eigenvalue weighted by molar-refractivity contribution is -0.137. The number of carbonyl (C=O) groups excluding carboxylic acids is 2. The van der Waals surface area contributed by atoms with E-state index in [-0.39, 0.29) is 11.3 Å². The maximum absolute atomic E-state index is 12.3. The molecule has 6 nitrogen and oxygen atoms in total. The summed E-state index contributed by atoms with van der Waals surface area (Å²) in [5, 5.41) is 21.9. The van der Waals surface area contributed by atoms with E-state index in [9.17, 15) is 20.1 Å². The number of methoxy groups -OCH3 is 1. The molecular formula is C17H15N3O3S. The van der Waals surface area contributed by atoms with Gasteiger partial charge in [-0.05, 0) is 18.1 Å². The fourth-order valence-electron chi connectivity index (χ4n) is 2.54. The number of hydrogen-bond acceptors (Lipinski definition) is 6. The van der Waals surface area contributed by atoms with Crippen LogP contribution < -0.4 is 5.32 Å². The topological polar surface area (TPSA) is 103 Å². The molecule has 2 atom stereocenters. The molecule has 0 saturated carbocycles. The molecule has 24 heavy (non-hydrogen) atoms. The third-order valence-electron chi connectivity index (χ3n) is 3.75. The summed E-state index contributed by atoms with van der Waals surface area (Å²) in [4.78, 5) is 23.6. The molecule has 2 unspecified atom stereocenters. The van der Waals surface area contributed by atoms with Gasteiger partial charge in [0, 0.05) is 5.92 Å². The van der Waals surface area contributed by atoms with E-state index < -0.39 is 23.7 Å². The molecule has 1 aliphatic heterocycles. The lowest BCUT2D eigenvalue weighted by Crippen LogP contribution is -2.39. The molecule has 1 heterocycles. The second-order valence-electron chi connectivity index (χ2n) is 5.15. The molecule has 1 N–H and O–H groups in total. The van der Waals surface area contributed by atoms with Crippen molar-refractivity contribution >= 4 is 23.6 Å². The highest BCUT2D eigenvalue weighted by Crippen LogP contribution is 2.40. The molecular weight excluding hydrogens is 326 g/mol. The van der Waals surface area contributed by atoms with Gasteiger partial charge < -0.3 is 10.1 Å². The van der Waals surface area contributed by atoms with Crippen molar-refractivity contribution in [3.8, 4) is 12.1 Å². The molecule has 0 radical (unpaired) electrons. The Hall–Kier alpha value is -2.77. The van der Waals surface area contributed by atoms with E-state index in [4.69, 9.17) is 0 Å². The maximum Gasteiger partial charge on any atom is 0.316 e. The van der Waals surface area contributed by atoms with Crippen molar-refractivity contribution in [2.24, 2.45) is 5.92 Å². The van der Waals surface area contributed by atoms with E-state index in [1.165, 1.54) is 7.11 Å². The van der Waals surface area contributed by atoms with Crippen molar-refractivity contribution in [1.82, 2.24) is 5.32 Å². The number of nitrogens with one attached hydrogen (secondary N) is 1. The smallest absolute Gasteiger partial charge is 0.316 e. The van der Waals surface area contributed by atoms with Crippen molar-refractivity contribution in [1.29, 1.82) is 10.5 Å². The third-order valence-corrected chi connectivity index (χ3v) is 4.74. The number of amides is 1. The number of esters is 1. The Bertz CT molecular complexity index is 789. The zero-order valence-corrected chi connectivity index (χ0v) is 14.0. The number of thioether (sulfide) groups is 1. The van der Waals surface area contributed by atoms with Crippen LogP contribution in [0.25, 0.3) is 0 Å². The summed E-state index contributed by atoms with van der Waals surface area (Å²) in [6.07, 6.45) is 0. The summed E-state index contributed by atoms with van der Waals surface area (Å²) in [6, 6.07) is 11.4. The van der Waals surface area contributed by atoms with E-state index in [0.717, 1.165) is 22.9 Å². The normalized spacial score (nSPS) is 19.9. The molecule has 0 bridgehead atoms. The van der Waals surface area contributed by atoms with Gasteiger partial charge in [0.2, 0.25) is 5.91 Å². The second-order valence-corrected chi connectivity index (χ2v) is 6.14. The standard InChI is InChI=1S/C17H15N3O3S/c1-10-5-3-4-6-11(10)15-12(7-18)16(22)20-17(13(15)8-19)24-9-14(21)23-2/h3-6,12,15H,9H2,1-2H3,(H,20,22). The van der Waals surface area contributed by atoms with E-state index in [1.807, 2.05) is 31.2 Å². The fourth-order valence-corrected chi connectivity index (χ4v) is 3.43. The summed E-state index contributed by atoms with van der Waals surface area (Å²) in [5.74, 6) is -2.63. The van der Waals surface area contributed by atoms with Crippen LogP contribution in [0, 0.1) is 35.5 Å². The summed E-state index contributed by atoms with van der Waals surface area (Å²) in [5.41, 5.74) is 1.93. The molecule has 122 valence electrons. The predicted octanol–water partition coefficient (Wildman–Crippen LogP) is 1.99. The minimum absolute atomic E-state index is 0.0327. The van der Waals surface area contributed by atoms with Crippen LogP contribution in [-0.2, 0) is 14.3 Å². The van der Waals surface area contributed by atoms with Crippen molar-refractivity contribution in [3.05, 3.63) is 46.0 Å². The van der Waals surface area contributed by atoms with Gasteiger partial charge in [-0.3, -0.25) is 9.59 Å². The first-order valence-corrected chi connectivity index (χ1v) is 8.12. The SMILES string of the molecule is COC(=O)CSC1=C(C#N)C(c2ccccc2C)C(C#N)C(=O)N1. The average molecular weight is 341 g/mol. The van der Waals surface area contributed by atoms with Gasteiger partial charge in [-0.25, -0.2) is 0 Å². The number of nitriles is 2. The molecule has 1 aromatic carbocycles. The van der Waals surface area contributed by atoms with Gasteiger partial charge in [0.15, 0.2) is 0 Å². The quantitative estimate of drug-likeness (QED) is 0.840. The second kappa shape index (κ2) is 7.67. The Balaban J connectivity index is 2.52. The molecule has 0 saturated heterocycles. The highest BCUT2D eigenvalue weighted by molar-refractivity contribution is 8.03. The van der Waals surface area contributed by atoms with Crippen LogP contribution in [0.2, 0.25) is 0 Å². The van der Waals surface area contributed by atoms with Crippen LogP contribution >= 0.6 is 11.8 Å². The van der Waals surface area contributed by atoms with Gasteiger partial charge in [0.25, 0.3) is 0 Å². The lowest BCUT2D eigenvalue weighted by Gasteiger charge is -2.29. The molecule has 0 fully saturated rings. The van der Waals surface area contributed by atoms with Gasteiger partial charge in [-0.2, -0.15) is 10.5 Å². The number of rotatable bonds is 4. The Morgan fingerprint density at radius 3 is 2.67 bits per heavy atom. The van der Waals surface area contributed by atoms with Gasteiger partial charge in [0.05, 0.1) is 35.6 Å². The van der Waals surface area contributed by atoms with Crippen molar-refractivity contribution < 1.29 is 14.3 Å². The number of nitrogens with zero attached hydrogens (tertiary/aromatic N) is 2. The zero-order chi connectivity index (χ0) is 17.7. The van der Waals surface area contributed by atoms with E-state index in [2.05, 4.69) is 16.1 Å². The average Bonchev–Trinajstić information content (AvgIpc) is 2.59. The summed E-state index contributed by atoms with van der Waals surface area (Å²) in [6.45, 7) is 1.87. The monoisotopic (exact) mass is 341 g/mol. The van der Waals surface area contributed by atoms with Crippen LogP contribution in [0.3, 0.4) is 0 Å². The first-order chi connectivity index (χ1) is 11.5. The van der Waals surface area contributed by atoms with Gasteiger partial charge in [0.1, 0.15) is 5.92 Å². The van der Waals surface area contributed by atoms with E-state index in [1.54, 1.807) is 6.07 Å². The number of ether oxygens (including phenoxy) is 1. The third kappa shape index (κ3) is 3.42. The Kier molecular flexibility index (Phi) is 5.62. The van der Waals surface area contributed by atoms with E-state index in [0.29, 0.717) is 5.03 Å². The predicted molar refractivity (Wildman–Crippen MR) is 88.3 cm³/mol. The fraction of sp³-hybridized carbons (Fsp3) is 0.294. The van der Waals surface area contributed by atoms with Crippen LogP contribution in [-0.4, -0.2) is 24.7 Å². The first-order valence-electron chi connectivity index (χ1n) is 7.13. The minimum atomic E-state index is -0.997. The number of allylic oxidation sites excluding steroid dienone is 1. The van der Waals surface area contributed by atoms with Crippen LogP contribution in [0.1, 0.15) is 17.0 Å². The van der Waals surface area contributed by atoms with Crippen LogP contribution in [0.4, 0.5) is 0 Å². The molecule has 0 spiro atoms. The number of carbonyl (C=O) groups is 2. The minimum Gasteiger partial charge on any atom is -0.468 e. The van der Waals surface area contributed by atoms with Crippen molar-refractivity contribution in [3.63, 3.8) is 0 Å². The van der Waals surface area contributed by atoms with Crippen LogP contribution in [0.5, 0.6) is 0 Å². The van der Waals surface area contributed by atoms with Crippen molar-refractivity contribution in [2.45, 2.75) is 12.8 Å². The Morgan fingerprint density at radius 1 is 1.38 bits per heavy atom. The summed E-state index contributed by atoms with van der Waals surface area (Å²) in [7, 11) is 1.27. The number of benzene rings is 1. The molecule has 1 amide bonds. The Labute approximate surface area is 144 Å². The maximum atomic E-state index is 12.3. The van der Waals surface area contributed by atoms with E-state index >= 15 is 0 Å². The van der Waals surface area contributed by atoms with Crippen molar-refractivity contribution in [2.75, 3.05) is 12.9 Å². The summed E-state index contributed by atoms with van der Waals surface area (Å²) < 4.78 is 4.58. The molecule has 0 aliphatic carbocycles. The summed E-state index contributed by atoms with van der Waals surface area (Å²) >= 11 is 1.02. The largest absolute Gasteiger partial charge is 0.468 e. The van der Waals surface area contributed by atoms with Crippen LogP contribution in [0.15, 0.2) is 34.9 Å². The van der Waals surface area contributed by atoms with Gasteiger partial charge >= 0.3 is 5.97 Å². The Morgan fingerprint density at radius 2 is 2.08 bits per heavy atom. The van der Waals surface area contributed by atoms with Gasteiger partial charge in [-0.1, -0.05) is 36.0 Å². The zero-order valence-electron chi connectivity index (χ0n) is 13.2.